The van der Waals surface area contributed by atoms with Crippen LogP contribution >= 0.6 is 0 Å². The Balaban J connectivity index is 3.25. The van der Waals surface area contributed by atoms with Crippen LogP contribution in [-0.4, -0.2) is 23.4 Å². The van der Waals surface area contributed by atoms with Gasteiger partial charge in [-0.2, -0.15) is 15.6 Å². The minimum absolute atomic E-state index is 0.117. The average molecular weight is 111 g/mol. The highest BCUT2D eigenvalue weighted by atomic mass is 16.5. The van der Waals surface area contributed by atoms with E-state index >= 15 is 0 Å². The quantitative estimate of drug-likeness (QED) is 0.393. The Morgan fingerprint density at radius 2 is 1.62 bits per heavy atom. The van der Waals surface area contributed by atoms with E-state index in [4.69, 9.17) is 15.7 Å². The molecule has 0 saturated heterocycles. The van der Waals surface area contributed by atoms with Crippen molar-refractivity contribution in [1.29, 1.82) is 10.5 Å². The molecule has 1 N–H and O–H groups in total. The second-order valence-electron chi connectivity index (χ2n) is 1.14. The molecule has 42 valence electrons. The van der Waals surface area contributed by atoms with Crippen LogP contribution in [-0.2, 0) is 0 Å². The monoisotopic (exact) mass is 111 g/mol. The van der Waals surface area contributed by atoms with Gasteiger partial charge in [0.25, 0.3) is 0 Å². The van der Waals surface area contributed by atoms with E-state index in [1.165, 1.54) is 0 Å². The van der Waals surface area contributed by atoms with Crippen molar-refractivity contribution >= 4 is 0 Å². The normalized spacial score (nSPS) is 8.00. The molecule has 0 aliphatic heterocycles. The molecule has 0 spiro atoms. The van der Waals surface area contributed by atoms with Crippen LogP contribution in [0, 0.1) is 22.7 Å². The highest BCUT2D eigenvalue weighted by molar-refractivity contribution is 4.78. The molecular weight excluding hydrogens is 106 g/mol. The van der Waals surface area contributed by atoms with E-state index < -0.39 is 0 Å². The van der Waals surface area contributed by atoms with E-state index in [0.717, 1.165) is 0 Å². The van der Waals surface area contributed by atoms with Crippen molar-refractivity contribution < 1.29 is 5.21 Å². The fourth-order valence-electron chi connectivity index (χ4n) is 0.219. The molecule has 0 aromatic heterocycles. The molecule has 4 heteroatoms. The van der Waals surface area contributed by atoms with Gasteiger partial charge in [0.05, 0.1) is 12.1 Å². The van der Waals surface area contributed by atoms with Gasteiger partial charge in [-0.05, 0) is 0 Å². The van der Waals surface area contributed by atoms with Crippen molar-refractivity contribution in [3.63, 3.8) is 0 Å². The largest absolute Gasteiger partial charge is 0.312 e. The Bertz CT molecular complexity index is 115. The lowest BCUT2D eigenvalue weighted by Crippen LogP contribution is -2.19. The molecule has 0 saturated carbocycles. The molecule has 0 atom stereocenters. The van der Waals surface area contributed by atoms with E-state index in [9.17, 15) is 0 Å². The first-order valence-electron chi connectivity index (χ1n) is 1.99. The maximum atomic E-state index is 8.44. The minimum atomic E-state index is -0.117. The highest BCUT2D eigenvalue weighted by Crippen LogP contribution is 1.74. The third kappa shape index (κ3) is 3.10. The number of rotatable bonds is 2. The number of hydrogen-bond acceptors (Lipinski definition) is 4. The number of nitrogens with zero attached hydrogens (tertiary/aromatic N) is 3. The van der Waals surface area contributed by atoms with E-state index in [-0.39, 0.29) is 13.1 Å². The van der Waals surface area contributed by atoms with E-state index in [1.54, 1.807) is 12.1 Å². The summed E-state index contributed by atoms with van der Waals surface area (Å²) >= 11 is 0. The van der Waals surface area contributed by atoms with Crippen LogP contribution in [0.2, 0.25) is 0 Å². The number of nitriles is 2. The molecule has 0 aromatic carbocycles. The molecule has 0 radical (unpaired) electrons. The summed E-state index contributed by atoms with van der Waals surface area (Å²) in [5.74, 6) is 0. The Morgan fingerprint density at radius 1 is 1.25 bits per heavy atom. The lowest BCUT2D eigenvalue weighted by Gasteiger charge is -2.01. The van der Waals surface area contributed by atoms with Crippen LogP contribution in [0.3, 0.4) is 0 Å². The Labute approximate surface area is 47.1 Å². The van der Waals surface area contributed by atoms with Crippen LogP contribution in [0.1, 0.15) is 0 Å². The van der Waals surface area contributed by atoms with Gasteiger partial charge in [0.15, 0.2) is 0 Å². The van der Waals surface area contributed by atoms with Crippen LogP contribution in [0.5, 0.6) is 0 Å². The van der Waals surface area contributed by atoms with Gasteiger partial charge in [-0.3, -0.25) is 0 Å². The van der Waals surface area contributed by atoms with Crippen molar-refractivity contribution in [2.24, 2.45) is 0 Å². The van der Waals surface area contributed by atoms with Crippen molar-refractivity contribution in [2.75, 3.05) is 13.1 Å². The lowest BCUT2D eigenvalue weighted by molar-refractivity contribution is -0.0660. The summed E-state index contributed by atoms with van der Waals surface area (Å²) in [6.45, 7) is -0.235. The molecule has 8 heavy (non-hydrogen) atoms. The summed E-state index contributed by atoms with van der Waals surface area (Å²) in [4.78, 5) is 0. The number of hydrogen-bond donors (Lipinski definition) is 1. The maximum absolute atomic E-state index is 8.44. The molecule has 0 rings (SSSR count). The van der Waals surface area contributed by atoms with E-state index in [2.05, 4.69) is 0 Å². The Kier molecular flexibility index (Phi) is 3.51. The second kappa shape index (κ2) is 4.07. The molecule has 0 amide bonds. The molecule has 0 aliphatic rings. The first kappa shape index (κ1) is 6.90. The fraction of sp³-hybridized carbons (Fsp3) is 0.500. The van der Waals surface area contributed by atoms with Crippen molar-refractivity contribution in [3.8, 4) is 12.1 Å². The smallest absolute Gasteiger partial charge is 0.112 e. The Morgan fingerprint density at radius 3 is 1.88 bits per heavy atom. The minimum Gasteiger partial charge on any atom is -0.312 e. The molecular formula is C4H5N3O. The molecule has 0 fully saturated rings. The maximum Gasteiger partial charge on any atom is 0.112 e. The average Bonchev–Trinajstić information content (AvgIpc) is 1.68. The first-order valence-corrected chi connectivity index (χ1v) is 1.99. The Hall–Kier alpha value is -1.10. The van der Waals surface area contributed by atoms with Gasteiger partial charge in [0.1, 0.15) is 13.1 Å². The molecule has 0 aromatic rings. The molecule has 0 unspecified atom stereocenters. The van der Waals surface area contributed by atoms with E-state index in [0.29, 0.717) is 5.06 Å². The molecule has 0 bridgehead atoms. The molecule has 0 aliphatic carbocycles. The van der Waals surface area contributed by atoms with Gasteiger partial charge in [-0.1, -0.05) is 0 Å². The van der Waals surface area contributed by atoms with Crippen molar-refractivity contribution in [3.05, 3.63) is 0 Å². The van der Waals surface area contributed by atoms with Gasteiger partial charge < -0.3 is 5.21 Å². The third-order valence-electron chi connectivity index (χ3n) is 0.506. The molecule has 4 nitrogen and oxygen atoms in total. The van der Waals surface area contributed by atoms with Crippen LogP contribution in [0.25, 0.3) is 0 Å². The summed E-state index contributed by atoms with van der Waals surface area (Å²) in [6, 6.07) is 3.35. The zero-order chi connectivity index (χ0) is 6.41. The van der Waals surface area contributed by atoms with Crippen molar-refractivity contribution in [1.82, 2.24) is 5.06 Å². The topological polar surface area (TPSA) is 71.1 Å². The predicted octanol–water partition coefficient (Wildman–Crippen LogP) is -0.275. The van der Waals surface area contributed by atoms with Gasteiger partial charge >= 0.3 is 0 Å². The van der Waals surface area contributed by atoms with Gasteiger partial charge in [0.2, 0.25) is 0 Å². The SMILES string of the molecule is N#CCN(O)CC#N. The summed E-state index contributed by atoms with van der Waals surface area (Å²) in [7, 11) is 0. The van der Waals surface area contributed by atoms with Crippen LogP contribution in [0.4, 0.5) is 0 Å². The van der Waals surface area contributed by atoms with Crippen LogP contribution in [0.15, 0.2) is 0 Å². The standard InChI is InChI=1S/C4H5N3O/c5-1-3-7(8)4-2-6/h8H,3-4H2. The lowest BCUT2D eigenvalue weighted by atomic mass is 10.6. The second-order valence-corrected chi connectivity index (χ2v) is 1.14. The van der Waals surface area contributed by atoms with E-state index in [1.807, 2.05) is 0 Å². The fourth-order valence-corrected chi connectivity index (χ4v) is 0.219. The predicted molar refractivity (Wildman–Crippen MR) is 24.6 cm³/mol. The third-order valence-corrected chi connectivity index (χ3v) is 0.506. The number of hydroxylamine groups is 2. The molecule has 0 heterocycles. The summed E-state index contributed by atoms with van der Waals surface area (Å²) in [6.07, 6.45) is 0. The summed E-state index contributed by atoms with van der Waals surface area (Å²) < 4.78 is 0. The van der Waals surface area contributed by atoms with Gasteiger partial charge in [0, 0.05) is 0 Å². The van der Waals surface area contributed by atoms with Crippen molar-refractivity contribution in [2.45, 2.75) is 0 Å². The zero-order valence-electron chi connectivity index (χ0n) is 4.20. The highest BCUT2D eigenvalue weighted by Gasteiger charge is 1.93. The van der Waals surface area contributed by atoms with Gasteiger partial charge in [-0.15, -0.1) is 0 Å². The van der Waals surface area contributed by atoms with Gasteiger partial charge in [-0.25, -0.2) is 0 Å². The first-order chi connectivity index (χ1) is 3.81. The summed E-state index contributed by atoms with van der Waals surface area (Å²) in [5.41, 5.74) is 0. The summed E-state index contributed by atoms with van der Waals surface area (Å²) in [5, 5.41) is 24.9. The zero-order valence-corrected chi connectivity index (χ0v) is 4.20. The van der Waals surface area contributed by atoms with Crippen LogP contribution < -0.4 is 0 Å².